The zero-order valence-corrected chi connectivity index (χ0v) is 15.6. The number of hydrogen-bond donors (Lipinski definition) is 2. The van der Waals surface area contributed by atoms with Gasteiger partial charge in [0.2, 0.25) is 0 Å². The van der Waals surface area contributed by atoms with Crippen LogP contribution in [0.1, 0.15) is 22.8 Å². The molecular formula is C16H14ClIN2OS. The summed E-state index contributed by atoms with van der Waals surface area (Å²) in [4.78, 5) is 12.2. The molecule has 2 rings (SSSR count). The standard InChI is InChI=1S/C16H14ClIN2OS/c1-2-10-9-11(18)7-8-14(10)19-16(22)20-15(21)12-5-3-4-6-13(12)17/h3-9H,2H2,1H3,(H2,19,20,21,22). The van der Waals surface area contributed by atoms with E-state index in [0.29, 0.717) is 10.6 Å². The van der Waals surface area contributed by atoms with Crippen molar-refractivity contribution in [3.63, 3.8) is 0 Å². The van der Waals surface area contributed by atoms with Crippen LogP contribution in [0.2, 0.25) is 5.02 Å². The van der Waals surface area contributed by atoms with E-state index < -0.39 is 0 Å². The summed E-state index contributed by atoms with van der Waals surface area (Å²) < 4.78 is 1.16. The number of thiocarbonyl (C=S) groups is 1. The van der Waals surface area contributed by atoms with Crippen molar-refractivity contribution in [3.8, 4) is 0 Å². The van der Waals surface area contributed by atoms with Gasteiger partial charge in [0, 0.05) is 9.26 Å². The summed E-state index contributed by atoms with van der Waals surface area (Å²) >= 11 is 13.5. The van der Waals surface area contributed by atoms with Crippen molar-refractivity contribution in [2.75, 3.05) is 5.32 Å². The van der Waals surface area contributed by atoms with Gasteiger partial charge in [-0.2, -0.15) is 0 Å². The highest BCUT2D eigenvalue weighted by atomic mass is 127. The normalized spacial score (nSPS) is 10.1. The second-order valence-corrected chi connectivity index (χ2v) is 6.60. The summed E-state index contributed by atoms with van der Waals surface area (Å²) in [6, 6.07) is 12.9. The third kappa shape index (κ3) is 4.41. The van der Waals surface area contributed by atoms with E-state index in [-0.39, 0.29) is 11.0 Å². The number of aryl methyl sites for hydroxylation is 1. The molecule has 2 N–H and O–H groups in total. The van der Waals surface area contributed by atoms with Crippen LogP contribution in [0, 0.1) is 3.57 Å². The van der Waals surface area contributed by atoms with E-state index in [1.807, 2.05) is 12.1 Å². The molecule has 1 amide bonds. The van der Waals surface area contributed by atoms with Crippen molar-refractivity contribution < 1.29 is 4.79 Å². The highest BCUT2D eigenvalue weighted by Crippen LogP contribution is 2.19. The summed E-state index contributed by atoms with van der Waals surface area (Å²) in [5.74, 6) is -0.327. The van der Waals surface area contributed by atoms with E-state index in [0.717, 1.165) is 21.2 Å². The minimum atomic E-state index is -0.327. The predicted molar refractivity (Wildman–Crippen MR) is 104 cm³/mol. The molecular weight excluding hydrogens is 431 g/mol. The maximum absolute atomic E-state index is 12.2. The Morgan fingerprint density at radius 3 is 2.68 bits per heavy atom. The third-order valence-corrected chi connectivity index (χ3v) is 4.25. The van der Waals surface area contributed by atoms with E-state index in [4.69, 9.17) is 23.8 Å². The maximum Gasteiger partial charge on any atom is 0.258 e. The minimum absolute atomic E-state index is 0.251. The first-order valence-corrected chi connectivity index (χ1v) is 8.53. The second kappa shape index (κ2) is 7.89. The molecule has 0 fully saturated rings. The molecule has 0 unspecified atom stereocenters. The van der Waals surface area contributed by atoms with E-state index in [2.05, 4.69) is 46.2 Å². The maximum atomic E-state index is 12.2. The lowest BCUT2D eigenvalue weighted by Crippen LogP contribution is -2.34. The average Bonchev–Trinajstić information content (AvgIpc) is 2.49. The first-order valence-electron chi connectivity index (χ1n) is 6.66. The molecule has 0 aliphatic heterocycles. The summed E-state index contributed by atoms with van der Waals surface area (Å²) in [7, 11) is 0. The molecule has 0 saturated heterocycles. The monoisotopic (exact) mass is 444 g/mol. The van der Waals surface area contributed by atoms with Gasteiger partial charge in [0.25, 0.3) is 5.91 Å². The zero-order valence-electron chi connectivity index (χ0n) is 11.8. The Morgan fingerprint density at radius 2 is 2.00 bits per heavy atom. The van der Waals surface area contributed by atoms with E-state index >= 15 is 0 Å². The van der Waals surface area contributed by atoms with E-state index in [1.54, 1.807) is 24.3 Å². The molecule has 3 nitrogen and oxygen atoms in total. The van der Waals surface area contributed by atoms with Crippen molar-refractivity contribution >= 4 is 63.1 Å². The number of benzene rings is 2. The molecule has 2 aromatic rings. The van der Waals surface area contributed by atoms with Gasteiger partial charge in [-0.15, -0.1) is 0 Å². The molecule has 0 aliphatic carbocycles. The molecule has 0 aromatic heterocycles. The Kier molecular flexibility index (Phi) is 6.16. The molecule has 0 atom stereocenters. The van der Waals surface area contributed by atoms with Crippen molar-refractivity contribution in [2.24, 2.45) is 0 Å². The van der Waals surface area contributed by atoms with Crippen LogP contribution in [0.25, 0.3) is 0 Å². The van der Waals surface area contributed by atoms with Crippen LogP contribution in [-0.2, 0) is 6.42 Å². The zero-order chi connectivity index (χ0) is 16.1. The van der Waals surface area contributed by atoms with Gasteiger partial charge in [-0.1, -0.05) is 30.7 Å². The van der Waals surface area contributed by atoms with Crippen LogP contribution >= 0.6 is 46.4 Å². The van der Waals surface area contributed by atoms with Crippen LogP contribution in [-0.4, -0.2) is 11.0 Å². The fraction of sp³-hybridized carbons (Fsp3) is 0.125. The van der Waals surface area contributed by atoms with Gasteiger partial charge in [-0.25, -0.2) is 0 Å². The largest absolute Gasteiger partial charge is 0.332 e. The fourth-order valence-corrected chi connectivity index (χ4v) is 2.93. The van der Waals surface area contributed by atoms with Gasteiger partial charge >= 0.3 is 0 Å². The van der Waals surface area contributed by atoms with Gasteiger partial charge in [-0.3, -0.25) is 10.1 Å². The van der Waals surface area contributed by atoms with Gasteiger partial charge in [0.15, 0.2) is 5.11 Å². The van der Waals surface area contributed by atoms with Crippen LogP contribution in [0.15, 0.2) is 42.5 Å². The smallest absolute Gasteiger partial charge is 0.258 e. The van der Waals surface area contributed by atoms with Crippen molar-refractivity contribution in [1.29, 1.82) is 0 Å². The molecule has 0 saturated carbocycles. The van der Waals surface area contributed by atoms with Crippen LogP contribution in [0.4, 0.5) is 5.69 Å². The quantitative estimate of drug-likeness (QED) is 0.535. The molecule has 6 heteroatoms. The first kappa shape index (κ1) is 17.2. The van der Waals surface area contributed by atoms with E-state index in [9.17, 15) is 4.79 Å². The van der Waals surface area contributed by atoms with Crippen LogP contribution in [0.3, 0.4) is 0 Å². The Morgan fingerprint density at radius 1 is 1.27 bits per heavy atom. The third-order valence-electron chi connectivity index (χ3n) is 3.04. The summed E-state index contributed by atoms with van der Waals surface area (Å²) in [5.41, 5.74) is 2.43. The van der Waals surface area contributed by atoms with Crippen LogP contribution in [0.5, 0.6) is 0 Å². The Bertz CT molecular complexity index is 721. The highest BCUT2D eigenvalue weighted by molar-refractivity contribution is 14.1. The number of anilines is 1. The number of nitrogens with one attached hydrogen (secondary N) is 2. The number of rotatable bonds is 3. The summed E-state index contributed by atoms with van der Waals surface area (Å²) in [6.07, 6.45) is 0.875. The molecule has 0 aliphatic rings. The molecule has 0 bridgehead atoms. The average molecular weight is 445 g/mol. The number of carbonyl (C=O) groups excluding carboxylic acids is 1. The Balaban J connectivity index is 2.08. The van der Waals surface area contributed by atoms with Crippen molar-refractivity contribution in [3.05, 3.63) is 62.2 Å². The Hall–Kier alpha value is -1.18. The predicted octanol–water partition coefficient (Wildman–Crippen LogP) is 4.63. The minimum Gasteiger partial charge on any atom is -0.332 e. The number of halogens is 2. The van der Waals surface area contributed by atoms with E-state index in [1.165, 1.54) is 0 Å². The number of carbonyl (C=O) groups is 1. The van der Waals surface area contributed by atoms with Gasteiger partial charge in [0.05, 0.1) is 10.6 Å². The first-order chi connectivity index (χ1) is 10.5. The molecule has 0 radical (unpaired) electrons. The van der Waals surface area contributed by atoms with Crippen molar-refractivity contribution in [1.82, 2.24) is 5.32 Å². The van der Waals surface area contributed by atoms with Gasteiger partial charge in [-0.05, 0) is 77.1 Å². The molecule has 0 spiro atoms. The molecule has 0 heterocycles. The lowest BCUT2D eigenvalue weighted by Gasteiger charge is -2.13. The second-order valence-electron chi connectivity index (χ2n) is 4.54. The SMILES string of the molecule is CCc1cc(I)ccc1NC(=S)NC(=O)c1ccccc1Cl. The molecule has 2 aromatic carbocycles. The van der Waals surface area contributed by atoms with Gasteiger partial charge in [0.1, 0.15) is 0 Å². The lowest BCUT2D eigenvalue weighted by atomic mass is 10.1. The molecule has 22 heavy (non-hydrogen) atoms. The topological polar surface area (TPSA) is 41.1 Å². The molecule has 114 valence electrons. The lowest BCUT2D eigenvalue weighted by molar-refractivity contribution is 0.0978. The number of hydrogen-bond acceptors (Lipinski definition) is 2. The van der Waals surface area contributed by atoms with Crippen molar-refractivity contribution in [2.45, 2.75) is 13.3 Å². The highest BCUT2D eigenvalue weighted by Gasteiger charge is 2.12. The summed E-state index contributed by atoms with van der Waals surface area (Å²) in [6.45, 7) is 2.07. The van der Waals surface area contributed by atoms with Crippen LogP contribution < -0.4 is 10.6 Å². The Labute approximate surface area is 153 Å². The summed E-state index contributed by atoms with van der Waals surface area (Å²) in [5, 5.41) is 6.35. The number of amides is 1. The fourth-order valence-electron chi connectivity index (χ4n) is 1.95. The van der Waals surface area contributed by atoms with Gasteiger partial charge < -0.3 is 5.32 Å².